The lowest BCUT2D eigenvalue weighted by Crippen LogP contribution is -1.80. The molecule has 14 heavy (non-hydrogen) atoms. The van der Waals surface area contributed by atoms with E-state index in [1.165, 1.54) is 0 Å². The third-order valence-electron chi connectivity index (χ3n) is 1.95. The summed E-state index contributed by atoms with van der Waals surface area (Å²) in [4.78, 5) is 5.18. The first-order valence-corrected chi connectivity index (χ1v) is 5.13. The van der Waals surface area contributed by atoms with Crippen molar-refractivity contribution >= 4 is 11.3 Å². The second kappa shape index (κ2) is 4.03. The van der Waals surface area contributed by atoms with Gasteiger partial charge in [-0.15, -0.1) is 11.3 Å². The molecule has 0 unspecified atom stereocenters. The number of hydrogen-bond acceptors (Lipinski definition) is 3. The van der Waals surface area contributed by atoms with Crippen LogP contribution in [-0.4, -0.2) is 4.98 Å². The van der Waals surface area contributed by atoms with Crippen LogP contribution in [0.2, 0.25) is 0 Å². The normalized spacial score (nSPS) is 9.64. The average molecular weight is 200 g/mol. The topological polar surface area (TPSA) is 36.7 Å². The third-order valence-corrected chi connectivity index (χ3v) is 2.78. The summed E-state index contributed by atoms with van der Waals surface area (Å²) >= 11 is 1.62. The van der Waals surface area contributed by atoms with Gasteiger partial charge in [-0.2, -0.15) is 5.26 Å². The molecule has 0 bridgehead atoms. The van der Waals surface area contributed by atoms with E-state index >= 15 is 0 Å². The Morgan fingerprint density at radius 3 is 2.64 bits per heavy atom. The van der Waals surface area contributed by atoms with Crippen LogP contribution in [0.25, 0.3) is 10.4 Å². The third kappa shape index (κ3) is 1.81. The van der Waals surface area contributed by atoms with Crippen LogP contribution in [0.5, 0.6) is 0 Å². The predicted octanol–water partition coefficient (Wildman–Crippen LogP) is 2.88. The molecule has 2 aromatic rings. The van der Waals surface area contributed by atoms with Crippen LogP contribution in [0.1, 0.15) is 5.56 Å². The summed E-state index contributed by atoms with van der Waals surface area (Å²) in [5.41, 5.74) is 4.04. The number of nitrogens with zero attached hydrogens (tertiary/aromatic N) is 2. The molecule has 0 saturated carbocycles. The van der Waals surface area contributed by atoms with Gasteiger partial charge < -0.3 is 0 Å². The lowest BCUT2D eigenvalue weighted by molar-refractivity contribution is 1.26. The molecule has 1 heterocycles. The number of thiazole rings is 1. The summed E-state index contributed by atoms with van der Waals surface area (Å²) in [6.07, 6.45) is 2.33. The maximum Gasteiger partial charge on any atom is 0.0797 e. The summed E-state index contributed by atoms with van der Waals surface area (Å²) in [5.74, 6) is 0. The van der Waals surface area contributed by atoms with Gasteiger partial charge in [0.05, 0.1) is 22.9 Å². The summed E-state index contributed by atoms with van der Waals surface area (Å²) in [5, 5.41) is 8.52. The molecule has 0 radical (unpaired) electrons. The molecule has 0 atom stereocenters. The highest BCUT2D eigenvalue weighted by atomic mass is 32.1. The number of rotatable bonds is 2. The van der Waals surface area contributed by atoms with E-state index in [2.05, 4.69) is 11.1 Å². The summed E-state index contributed by atoms with van der Waals surface area (Å²) in [6.45, 7) is 0. The van der Waals surface area contributed by atoms with Gasteiger partial charge in [0.2, 0.25) is 0 Å². The molecular weight excluding hydrogens is 192 g/mol. The molecule has 3 heteroatoms. The van der Waals surface area contributed by atoms with E-state index in [-0.39, 0.29) is 0 Å². The second-order valence-corrected chi connectivity index (χ2v) is 3.78. The highest BCUT2D eigenvalue weighted by Crippen LogP contribution is 2.23. The highest BCUT2D eigenvalue weighted by Gasteiger charge is 1.98. The molecule has 0 fully saturated rings. The Bertz CT molecular complexity index is 437. The van der Waals surface area contributed by atoms with Crippen LogP contribution in [0, 0.1) is 11.3 Å². The van der Waals surface area contributed by atoms with Crippen LogP contribution >= 0.6 is 11.3 Å². The minimum absolute atomic E-state index is 0.475. The molecule has 0 saturated heterocycles. The monoisotopic (exact) mass is 200 g/mol. The van der Waals surface area contributed by atoms with Crippen LogP contribution in [-0.2, 0) is 6.42 Å². The second-order valence-electron chi connectivity index (χ2n) is 2.90. The fourth-order valence-corrected chi connectivity index (χ4v) is 1.87. The largest absolute Gasteiger partial charge is 0.252 e. The number of nitriles is 1. The van der Waals surface area contributed by atoms with Crippen molar-refractivity contribution in [1.82, 2.24) is 4.98 Å². The molecule has 0 N–H and O–H groups in total. The van der Waals surface area contributed by atoms with Crippen molar-refractivity contribution in [2.24, 2.45) is 0 Å². The molecule has 1 aromatic carbocycles. The van der Waals surface area contributed by atoms with Gasteiger partial charge in [0.1, 0.15) is 0 Å². The zero-order chi connectivity index (χ0) is 9.80. The molecule has 68 valence electrons. The minimum Gasteiger partial charge on any atom is -0.252 e. The summed E-state index contributed by atoms with van der Waals surface area (Å²) in [6, 6.07) is 10.2. The van der Waals surface area contributed by atoms with E-state index < -0.39 is 0 Å². The van der Waals surface area contributed by atoms with Crippen LogP contribution < -0.4 is 0 Å². The Kier molecular flexibility index (Phi) is 2.57. The van der Waals surface area contributed by atoms with Crippen molar-refractivity contribution in [1.29, 1.82) is 5.26 Å². The lowest BCUT2D eigenvalue weighted by Gasteiger charge is -1.97. The summed E-state index contributed by atoms with van der Waals surface area (Å²) in [7, 11) is 0. The van der Waals surface area contributed by atoms with Crippen molar-refractivity contribution in [2.75, 3.05) is 0 Å². The van der Waals surface area contributed by atoms with Crippen LogP contribution in [0.4, 0.5) is 0 Å². The Morgan fingerprint density at radius 2 is 2.07 bits per heavy atom. The van der Waals surface area contributed by atoms with Gasteiger partial charge in [-0.05, 0) is 11.1 Å². The van der Waals surface area contributed by atoms with Crippen molar-refractivity contribution in [3.8, 4) is 16.5 Å². The zero-order valence-electron chi connectivity index (χ0n) is 7.47. The molecule has 0 aliphatic rings. The zero-order valence-corrected chi connectivity index (χ0v) is 8.29. The first-order chi connectivity index (χ1) is 6.90. The van der Waals surface area contributed by atoms with Gasteiger partial charge in [-0.3, -0.25) is 4.98 Å². The van der Waals surface area contributed by atoms with Gasteiger partial charge in [0.15, 0.2) is 0 Å². The molecule has 0 aliphatic heterocycles. The first kappa shape index (κ1) is 8.92. The van der Waals surface area contributed by atoms with Crippen molar-refractivity contribution < 1.29 is 0 Å². The molecule has 2 rings (SSSR count). The van der Waals surface area contributed by atoms with Crippen molar-refractivity contribution in [3.05, 3.63) is 41.5 Å². The molecule has 0 spiro atoms. The minimum atomic E-state index is 0.475. The van der Waals surface area contributed by atoms with E-state index in [1.807, 2.05) is 36.0 Å². The van der Waals surface area contributed by atoms with Gasteiger partial charge in [-0.1, -0.05) is 24.3 Å². The van der Waals surface area contributed by atoms with E-state index in [1.54, 1.807) is 11.3 Å². The van der Waals surface area contributed by atoms with Crippen LogP contribution in [0.15, 0.2) is 36.0 Å². The van der Waals surface area contributed by atoms with Gasteiger partial charge in [-0.25, -0.2) is 0 Å². The first-order valence-electron chi connectivity index (χ1n) is 4.25. The Morgan fingerprint density at radius 1 is 1.29 bits per heavy atom. The molecule has 0 aliphatic carbocycles. The molecule has 1 aromatic heterocycles. The maximum atomic E-state index is 8.52. The maximum absolute atomic E-state index is 8.52. The van der Waals surface area contributed by atoms with Gasteiger partial charge >= 0.3 is 0 Å². The Balaban J connectivity index is 2.27. The number of benzene rings is 1. The quantitative estimate of drug-likeness (QED) is 0.747. The standard InChI is InChI=1S/C11H8N2S/c12-6-5-9-1-3-10(4-2-9)11-7-13-8-14-11/h1-4,7-8H,5H2. The van der Waals surface area contributed by atoms with E-state index in [4.69, 9.17) is 5.26 Å². The SMILES string of the molecule is N#CCc1ccc(-c2cncs2)cc1. The molecule has 2 nitrogen and oxygen atoms in total. The van der Waals surface area contributed by atoms with Crippen molar-refractivity contribution in [3.63, 3.8) is 0 Å². The average Bonchev–Trinajstić information content (AvgIpc) is 2.72. The fraction of sp³-hybridized carbons (Fsp3) is 0.0909. The number of hydrogen-bond donors (Lipinski definition) is 0. The molecular formula is C11H8N2S. The number of aromatic nitrogens is 1. The predicted molar refractivity (Wildman–Crippen MR) is 56.9 cm³/mol. The smallest absolute Gasteiger partial charge is 0.0797 e. The lowest BCUT2D eigenvalue weighted by atomic mass is 10.1. The highest BCUT2D eigenvalue weighted by molar-refractivity contribution is 7.13. The Labute approximate surface area is 86.5 Å². The van der Waals surface area contributed by atoms with Crippen molar-refractivity contribution in [2.45, 2.75) is 6.42 Å². The fourth-order valence-electron chi connectivity index (χ4n) is 1.24. The van der Waals surface area contributed by atoms with Gasteiger partial charge in [0, 0.05) is 6.20 Å². The van der Waals surface area contributed by atoms with E-state index in [0.717, 1.165) is 16.0 Å². The Hall–Kier alpha value is -1.66. The van der Waals surface area contributed by atoms with E-state index in [0.29, 0.717) is 6.42 Å². The van der Waals surface area contributed by atoms with Gasteiger partial charge in [0.25, 0.3) is 0 Å². The van der Waals surface area contributed by atoms with E-state index in [9.17, 15) is 0 Å². The van der Waals surface area contributed by atoms with Crippen LogP contribution in [0.3, 0.4) is 0 Å². The molecule has 0 amide bonds. The summed E-state index contributed by atoms with van der Waals surface area (Å²) < 4.78 is 0.